The second-order valence-corrected chi connectivity index (χ2v) is 3.84. The van der Waals surface area contributed by atoms with Gasteiger partial charge >= 0.3 is 5.51 Å². The minimum Gasteiger partial charge on any atom is -0.160 e. The Morgan fingerprint density at radius 2 is 1.60 bits per heavy atom. The van der Waals surface area contributed by atoms with Crippen LogP contribution in [-0.2, 0) is 0 Å². The molecule has 0 nitrogen and oxygen atoms in total. The van der Waals surface area contributed by atoms with Crippen LogP contribution in [-0.4, -0.2) is 10.8 Å². The van der Waals surface area contributed by atoms with E-state index >= 15 is 0 Å². The van der Waals surface area contributed by atoms with Crippen molar-refractivity contribution in [1.82, 2.24) is 0 Å². The quantitative estimate of drug-likeness (QED) is 0.582. The molecule has 0 heterocycles. The summed E-state index contributed by atoms with van der Waals surface area (Å²) in [5, 5.41) is -0.153. The molecule has 0 aromatic rings. The highest BCUT2D eigenvalue weighted by molar-refractivity contribution is 8.00. The zero-order chi connectivity index (χ0) is 7.61. The molecule has 0 unspecified atom stereocenters. The van der Waals surface area contributed by atoms with Crippen LogP contribution in [0.3, 0.4) is 0 Å². The summed E-state index contributed by atoms with van der Waals surface area (Å²) in [5.74, 6) is 0. The molecule has 1 fully saturated rings. The Bertz CT molecular complexity index is 104. The molecule has 60 valence electrons. The number of hydrogen-bond donors (Lipinski definition) is 0. The first-order valence-corrected chi connectivity index (χ1v) is 4.20. The van der Waals surface area contributed by atoms with E-state index in [1.165, 1.54) is 0 Å². The van der Waals surface area contributed by atoms with Crippen LogP contribution < -0.4 is 0 Å². The van der Waals surface area contributed by atoms with E-state index in [1.807, 2.05) is 0 Å². The molecule has 1 aliphatic rings. The predicted molar refractivity (Wildman–Crippen MR) is 35.9 cm³/mol. The van der Waals surface area contributed by atoms with Gasteiger partial charge in [-0.15, -0.1) is 0 Å². The maximum Gasteiger partial charge on any atom is 0.442 e. The molecule has 10 heavy (non-hydrogen) atoms. The van der Waals surface area contributed by atoms with Crippen LogP contribution in [0.2, 0.25) is 0 Å². The summed E-state index contributed by atoms with van der Waals surface area (Å²) >= 11 is 0.164. The van der Waals surface area contributed by atoms with E-state index in [0.29, 0.717) is 0 Å². The molecule has 0 N–H and O–H groups in total. The van der Waals surface area contributed by atoms with Gasteiger partial charge in [0.2, 0.25) is 0 Å². The normalized spacial score (nSPS) is 21.9. The molecule has 0 aliphatic heterocycles. The lowest BCUT2D eigenvalue weighted by molar-refractivity contribution is -0.0333. The third-order valence-electron chi connectivity index (χ3n) is 1.60. The number of thioether (sulfide) groups is 1. The van der Waals surface area contributed by atoms with Gasteiger partial charge in [0, 0.05) is 5.25 Å². The van der Waals surface area contributed by atoms with E-state index in [1.54, 1.807) is 0 Å². The van der Waals surface area contributed by atoms with Crippen molar-refractivity contribution in [2.24, 2.45) is 0 Å². The molecule has 0 aromatic heterocycles. The van der Waals surface area contributed by atoms with Crippen LogP contribution in [0.15, 0.2) is 0 Å². The fraction of sp³-hybridized carbons (Fsp3) is 1.00. The largest absolute Gasteiger partial charge is 0.442 e. The molecular formula is C6H9F3S. The molecule has 1 aliphatic carbocycles. The molecule has 4 heteroatoms. The van der Waals surface area contributed by atoms with Crippen LogP contribution in [0, 0.1) is 0 Å². The SMILES string of the molecule is FC(F)(F)SC1CCCC1. The van der Waals surface area contributed by atoms with E-state index in [9.17, 15) is 13.2 Å². The van der Waals surface area contributed by atoms with Crippen LogP contribution in [0.25, 0.3) is 0 Å². The molecule has 0 spiro atoms. The summed E-state index contributed by atoms with van der Waals surface area (Å²) in [7, 11) is 0. The second kappa shape index (κ2) is 3.03. The predicted octanol–water partition coefficient (Wildman–Crippen LogP) is 3.18. The van der Waals surface area contributed by atoms with E-state index in [-0.39, 0.29) is 17.0 Å². The lowest BCUT2D eigenvalue weighted by Crippen LogP contribution is -2.07. The van der Waals surface area contributed by atoms with Gasteiger partial charge < -0.3 is 0 Å². The van der Waals surface area contributed by atoms with Crippen molar-refractivity contribution in [3.8, 4) is 0 Å². The average molecular weight is 170 g/mol. The van der Waals surface area contributed by atoms with Gasteiger partial charge in [0.25, 0.3) is 0 Å². The van der Waals surface area contributed by atoms with Crippen molar-refractivity contribution < 1.29 is 13.2 Å². The van der Waals surface area contributed by atoms with Gasteiger partial charge in [-0.3, -0.25) is 0 Å². The maximum atomic E-state index is 11.7. The van der Waals surface area contributed by atoms with Gasteiger partial charge in [-0.05, 0) is 24.6 Å². The Hall–Kier alpha value is 0.140. The summed E-state index contributed by atoms with van der Waals surface area (Å²) in [6.45, 7) is 0. The van der Waals surface area contributed by atoms with Crippen molar-refractivity contribution in [3.63, 3.8) is 0 Å². The van der Waals surface area contributed by atoms with E-state index in [0.717, 1.165) is 25.7 Å². The highest BCUT2D eigenvalue weighted by Crippen LogP contribution is 2.40. The lowest BCUT2D eigenvalue weighted by Gasteiger charge is -2.10. The molecular weight excluding hydrogens is 161 g/mol. The van der Waals surface area contributed by atoms with E-state index in [2.05, 4.69) is 0 Å². The molecule has 0 aromatic carbocycles. The highest BCUT2D eigenvalue weighted by Gasteiger charge is 2.33. The summed E-state index contributed by atoms with van der Waals surface area (Å²) in [4.78, 5) is 0. The van der Waals surface area contributed by atoms with E-state index < -0.39 is 5.51 Å². The Morgan fingerprint density at radius 3 is 2.00 bits per heavy atom. The number of alkyl halides is 3. The average Bonchev–Trinajstić information content (AvgIpc) is 2.12. The van der Waals surface area contributed by atoms with Gasteiger partial charge in [-0.1, -0.05) is 12.8 Å². The summed E-state index contributed by atoms with van der Waals surface area (Å²) < 4.78 is 35.0. The first kappa shape index (κ1) is 8.24. The minimum absolute atomic E-state index is 0.153. The zero-order valence-electron chi connectivity index (χ0n) is 5.45. The van der Waals surface area contributed by atoms with Crippen molar-refractivity contribution in [2.45, 2.75) is 36.4 Å². The Labute approximate surface area is 62.2 Å². The zero-order valence-corrected chi connectivity index (χ0v) is 6.26. The van der Waals surface area contributed by atoms with Crippen LogP contribution in [0.5, 0.6) is 0 Å². The molecule has 0 atom stereocenters. The summed E-state index contributed by atoms with van der Waals surface area (Å²) in [6, 6.07) is 0. The van der Waals surface area contributed by atoms with Crippen LogP contribution in [0.4, 0.5) is 13.2 Å². The molecule has 1 rings (SSSR count). The van der Waals surface area contributed by atoms with Gasteiger partial charge in [0.15, 0.2) is 0 Å². The summed E-state index contributed by atoms with van der Waals surface area (Å²) in [5.41, 5.74) is -4.02. The fourth-order valence-electron chi connectivity index (χ4n) is 1.20. The third-order valence-corrected chi connectivity index (χ3v) is 2.67. The van der Waals surface area contributed by atoms with Crippen molar-refractivity contribution in [2.75, 3.05) is 0 Å². The molecule has 1 saturated carbocycles. The Kier molecular flexibility index (Phi) is 2.50. The number of rotatable bonds is 1. The number of halogens is 3. The first-order chi connectivity index (χ1) is 4.58. The molecule has 0 saturated heterocycles. The topological polar surface area (TPSA) is 0 Å². The number of hydrogen-bond acceptors (Lipinski definition) is 1. The molecule has 0 bridgehead atoms. The van der Waals surface area contributed by atoms with Crippen molar-refractivity contribution in [1.29, 1.82) is 0 Å². The monoisotopic (exact) mass is 170 g/mol. The van der Waals surface area contributed by atoms with Crippen molar-refractivity contribution in [3.05, 3.63) is 0 Å². The van der Waals surface area contributed by atoms with Gasteiger partial charge in [-0.25, -0.2) is 0 Å². The van der Waals surface area contributed by atoms with Gasteiger partial charge in [-0.2, -0.15) is 13.2 Å². The molecule has 0 amide bonds. The highest BCUT2D eigenvalue weighted by atomic mass is 32.2. The van der Waals surface area contributed by atoms with Crippen LogP contribution >= 0.6 is 11.8 Å². The first-order valence-electron chi connectivity index (χ1n) is 3.32. The smallest absolute Gasteiger partial charge is 0.160 e. The molecule has 0 radical (unpaired) electrons. The lowest BCUT2D eigenvalue weighted by atomic mass is 10.4. The Balaban J connectivity index is 2.24. The second-order valence-electron chi connectivity index (χ2n) is 2.47. The van der Waals surface area contributed by atoms with Gasteiger partial charge in [0.05, 0.1) is 0 Å². The minimum atomic E-state index is -4.02. The standard InChI is InChI=1S/C6H9F3S/c7-6(8,9)10-5-3-1-2-4-5/h5H,1-4H2. The fourth-order valence-corrected chi connectivity index (χ4v) is 2.14. The summed E-state index contributed by atoms with van der Waals surface area (Å²) in [6.07, 6.45) is 3.41. The van der Waals surface area contributed by atoms with Crippen LogP contribution in [0.1, 0.15) is 25.7 Å². The maximum absolute atomic E-state index is 11.7. The van der Waals surface area contributed by atoms with E-state index in [4.69, 9.17) is 0 Å². The van der Waals surface area contributed by atoms with Crippen molar-refractivity contribution >= 4 is 11.8 Å². The van der Waals surface area contributed by atoms with Gasteiger partial charge in [0.1, 0.15) is 0 Å². The Morgan fingerprint density at radius 1 is 1.10 bits per heavy atom. The third kappa shape index (κ3) is 2.82.